The monoisotopic (exact) mass is 288 g/mol. The largest absolute Gasteiger partial charge is 0.474 e. The lowest BCUT2D eigenvalue weighted by Crippen LogP contribution is -2.11. The summed E-state index contributed by atoms with van der Waals surface area (Å²) in [6.45, 7) is 4.64. The minimum Gasteiger partial charge on any atom is -0.474 e. The molecule has 2 aromatic rings. The topological polar surface area (TPSA) is 79.9 Å². The number of aromatic amines is 1. The molecule has 0 aliphatic rings. The first-order chi connectivity index (χ1) is 10.2. The molecule has 6 heteroatoms. The van der Waals surface area contributed by atoms with Gasteiger partial charge in [-0.1, -0.05) is 13.0 Å². The number of fused-ring (bicyclic) bond motifs is 1. The Morgan fingerprint density at radius 2 is 2.33 bits per heavy atom. The van der Waals surface area contributed by atoms with E-state index >= 15 is 0 Å². The van der Waals surface area contributed by atoms with Crippen molar-refractivity contribution in [2.75, 3.05) is 13.6 Å². The second kappa shape index (κ2) is 6.99. The van der Waals surface area contributed by atoms with Crippen molar-refractivity contribution in [2.45, 2.75) is 26.4 Å². The van der Waals surface area contributed by atoms with E-state index in [1.165, 1.54) is 6.33 Å². The Morgan fingerprint density at radius 1 is 1.52 bits per heavy atom. The van der Waals surface area contributed by atoms with E-state index in [-0.39, 0.29) is 11.9 Å². The third kappa shape index (κ3) is 3.46. The van der Waals surface area contributed by atoms with Crippen LogP contribution in [-0.4, -0.2) is 40.4 Å². The summed E-state index contributed by atoms with van der Waals surface area (Å²) >= 11 is 0. The number of ketones is 1. The molecule has 2 rings (SSSR count). The molecule has 21 heavy (non-hydrogen) atoms. The number of aromatic nitrogens is 3. The van der Waals surface area contributed by atoms with Crippen LogP contribution in [0.15, 0.2) is 24.7 Å². The molecule has 0 aromatic carbocycles. The van der Waals surface area contributed by atoms with E-state index in [1.807, 2.05) is 20.9 Å². The molecule has 2 aromatic heterocycles. The molecule has 1 atom stereocenters. The number of hydrogen-bond acceptors (Lipinski definition) is 5. The van der Waals surface area contributed by atoms with Crippen LogP contribution in [0.5, 0.6) is 5.88 Å². The average Bonchev–Trinajstić information content (AvgIpc) is 2.92. The highest BCUT2D eigenvalue weighted by Gasteiger charge is 2.17. The molecule has 0 amide bonds. The van der Waals surface area contributed by atoms with Gasteiger partial charge >= 0.3 is 0 Å². The smallest absolute Gasteiger partial charge is 0.227 e. The zero-order chi connectivity index (χ0) is 15.2. The number of ether oxygens (including phenoxy) is 1. The van der Waals surface area contributed by atoms with Crippen LogP contribution in [0.1, 0.15) is 30.6 Å². The third-order valence-corrected chi connectivity index (χ3v) is 3.18. The van der Waals surface area contributed by atoms with Gasteiger partial charge in [-0.05, 0) is 26.5 Å². The van der Waals surface area contributed by atoms with Gasteiger partial charge in [0.15, 0.2) is 5.78 Å². The van der Waals surface area contributed by atoms with Crippen molar-refractivity contribution in [3.8, 4) is 5.88 Å². The Kier molecular flexibility index (Phi) is 5.05. The maximum Gasteiger partial charge on any atom is 0.227 e. The minimum absolute atomic E-state index is 0.0285. The fraction of sp³-hybridized carbons (Fsp3) is 0.400. The Balaban J connectivity index is 2.38. The number of nitrogens with one attached hydrogen (secondary N) is 2. The molecule has 6 nitrogen and oxygen atoms in total. The predicted octanol–water partition coefficient (Wildman–Crippen LogP) is 2.09. The van der Waals surface area contributed by atoms with E-state index in [0.29, 0.717) is 29.0 Å². The Hall–Kier alpha value is -2.21. The van der Waals surface area contributed by atoms with Crippen molar-refractivity contribution >= 4 is 16.8 Å². The SMILES string of the molecule is CCC(C)Oc1ncnc2[nH]cc(C(=O)C=CCNC)c12. The molecule has 0 radical (unpaired) electrons. The Morgan fingerprint density at radius 3 is 3.05 bits per heavy atom. The molecule has 0 aliphatic heterocycles. The van der Waals surface area contributed by atoms with Crippen molar-refractivity contribution in [1.82, 2.24) is 20.3 Å². The molecule has 0 aliphatic carbocycles. The first-order valence-corrected chi connectivity index (χ1v) is 7.01. The molecule has 1 unspecified atom stereocenters. The maximum atomic E-state index is 12.3. The van der Waals surface area contributed by atoms with Crippen LogP contribution in [0.4, 0.5) is 0 Å². The quantitative estimate of drug-likeness (QED) is 0.602. The summed E-state index contributed by atoms with van der Waals surface area (Å²) in [6.07, 6.45) is 7.29. The van der Waals surface area contributed by atoms with Gasteiger partial charge in [-0.25, -0.2) is 9.97 Å². The molecule has 112 valence electrons. The molecular formula is C15H20N4O2. The first-order valence-electron chi connectivity index (χ1n) is 7.01. The van der Waals surface area contributed by atoms with E-state index in [0.717, 1.165) is 6.42 Å². The second-order valence-corrected chi connectivity index (χ2v) is 4.77. The Bertz CT molecular complexity index is 648. The highest BCUT2D eigenvalue weighted by molar-refractivity contribution is 6.13. The Labute approximate surface area is 123 Å². The zero-order valence-electron chi connectivity index (χ0n) is 12.5. The summed E-state index contributed by atoms with van der Waals surface area (Å²) in [5.41, 5.74) is 1.13. The molecule has 0 spiro atoms. The minimum atomic E-state index is -0.0969. The van der Waals surface area contributed by atoms with E-state index in [4.69, 9.17) is 4.74 Å². The molecule has 0 bridgehead atoms. The van der Waals surface area contributed by atoms with Crippen LogP contribution in [0, 0.1) is 0 Å². The standard InChI is InChI=1S/C15H20N4O2/c1-4-10(2)21-15-13-11(12(20)6-5-7-16-3)8-17-14(13)18-9-19-15/h5-6,8-10,16H,4,7H2,1-3H3,(H,17,18,19). The van der Waals surface area contributed by atoms with Crippen LogP contribution in [-0.2, 0) is 0 Å². The number of likely N-dealkylation sites (N-methyl/N-ethyl adjacent to an activating group) is 1. The van der Waals surface area contributed by atoms with Crippen LogP contribution in [0.3, 0.4) is 0 Å². The van der Waals surface area contributed by atoms with E-state index in [9.17, 15) is 4.79 Å². The zero-order valence-corrected chi connectivity index (χ0v) is 12.5. The van der Waals surface area contributed by atoms with Gasteiger partial charge in [0.25, 0.3) is 0 Å². The van der Waals surface area contributed by atoms with Gasteiger partial charge in [0, 0.05) is 12.7 Å². The summed E-state index contributed by atoms with van der Waals surface area (Å²) < 4.78 is 5.79. The summed E-state index contributed by atoms with van der Waals surface area (Å²) in [7, 11) is 1.83. The average molecular weight is 288 g/mol. The van der Waals surface area contributed by atoms with E-state index in [2.05, 4.69) is 20.3 Å². The van der Waals surface area contributed by atoms with Gasteiger partial charge < -0.3 is 15.0 Å². The first kappa shape index (κ1) is 15.2. The van der Waals surface area contributed by atoms with Crippen LogP contribution in [0.25, 0.3) is 11.0 Å². The van der Waals surface area contributed by atoms with Gasteiger partial charge in [0.05, 0.1) is 17.1 Å². The number of nitrogens with zero attached hydrogens (tertiary/aromatic N) is 2. The molecule has 2 heterocycles. The second-order valence-electron chi connectivity index (χ2n) is 4.77. The van der Waals surface area contributed by atoms with Crippen LogP contribution in [0.2, 0.25) is 0 Å². The summed E-state index contributed by atoms with van der Waals surface area (Å²) in [6, 6.07) is 0. The number of hydrogen-bond donors (Lipinski definition) is 2. The lowest BCUT2D eigenvalue weighted by molar-refractivity contribution is 0.104. The van der Waals surface area contributed by atoms with Crippen molar-refractivity contribution < 1.29 is 9.53 Å². The summed E-state index contributed by atoms with van der Waals surface area (Å²) in [4.78, 5) is 23.5. The number of carbonyl (C=O) groups is 1. The number of allylic oxidation sites excluding steroid dienone is 1. The molecule has 0 saturated carbocycles. The van der Waals surface area contributed by atoms with Crippen LogP contribution >= 0.6 is 0 Å². The van der Waals surface area contributed by atoms with Gasteiger partial charge in [-0.15, -0.1) is 0 Å². The van der Waals surface area contributed by atoms with Crippen molar-refractivity contribution in [2.24, 2.45) is 0 Å². The van der Waals surface area contributed by atoms with E-state index in [1.54, 1.807) is 18.3 Å². The number of rotatable bonds is 7. The van der Waals surface area contributed by atoms with Gasteiger partial charge in [-0.2, -0.15) is 0 Å². The molecular weight excluding hydrogens is 268 g/mol. The number of H-pyrrole nitrogens is 1. The lowest BCUT2D eigenvalue weighted by atomic mass is 10.1. The highest BCUT2D eigenvalue weighted by atomic mass is 16.5. The van der Waals surface area contributed by atoms with E-state index < -0.39 is 0 Å². The van der Waals surface area contributed by atoms with Crippen molar-refractivity contribution in [1.29, 1.82) is 0 Å². The number of carbonyl (C=O) groups excluding carboxylic acids is 1. The fourth-order valence-electron chi connectivity index (χ4n) is 1.87. The van der Waals surface area contributed by atoms with Crippen LogP contribution < -0.4 is 10.1 Å². The highest BCUT2D eigenvalue weighted by Crippen LogP contribution is 2.26. The van der Waals surface area contributed by atoms with Gasteiger partial charge in [-0.3, -0.25) is 4.79 Å². The molecule has 0 saturated heterocycles. The maximum absolute atomic E-state index is 12.3. The normalized spacial score (nSPS) is 12.9. The third-order valence-electron chi connectivity index (χ3n) is 3.18. The van der Waals surface area contributed by atoms with Gasteiger partial charge in [0.1, 0.15) is 12.0 Å². The van der Waals surface area contributed by atoms with Crippen molar-refractivity contribution in [3.63, 3.8) is 0 Å². The molecule has 0 fully saturated rings. The van der Waals surface area contributed by atoms with Crippen molar-refractivity contribution in [3.05, 3.63) is 30.2 Å². The summed E-state index contributed by atoms with van der Waals surface area (Å²) in [5, 5.41) is 3.59. The predicted molar refractivity (Wildman–Crippen MR) is 81.7 cm³/mol. The molecule has 2 N–H and O–H groups in total. The fourth-order valence-corrected chi connectivity index (χ4v) is 1.87. The summed E-state index contributed by atoms with van der Waals surface area (Å²) in [5.74, 6) is 0.348. The lowest BCUT2D eigenvalue weighted by Gasteiger charge is -2.12. The van der Waals surface area contributed by atoms with Gasteiger partial charge in [0.2, 0.25) is 5.88 Å².